The lowest BCUT2D eigenvalue weighted by Gasteiger charge is -2.49. The largest absolute Gasteiger partial charge is 0.416 e. The second-order valence-corrected chi connectivity index (χ2v) is 7.33. The van der Waals surface area contributed by atoms with E-state index in [9.17, 15) is 22.8 Å². The minimum absolute atomic E-state index is 0.0818. The summed E-state index contributed by atoms with van der Waals surface area (Å²) in [5.41, 5.74) is -0.306. The molecule has 2 aromatic carbocycles. The highest BCUT2D eigenvalue weighted by molar-refractivity contribution is 5.94. The van der Waals surface area contributed by atoms with Crippen LogP contribution in [-0.2, 0) is 22.3 Å². The second kappa shape index (κ2) is 7.30. The number of nitrogens with zero attached hydrogens (tertiary/aromatic N) is 1. The first-order chi connectivity index (χ1) is 13.1. The van der Waals surface area contributed by atoms with E-state index in [2.05, 4.69) is 5.32 Å². The van der Waals surface area contributed by atoms with Crippen molar-refractivity contribution in [3.05, 3.63) is 71.3 Å². The SMILES string of the molecule is CC(C)(C(=O)NCc1ccc(C(F)(F)F)cc1)N1C(=O)CC1c1ccccc1. The number of halogens is 3. The zero-order valence-electron chi connectivity index (χ0n) is 15.6. The summed E-state index contributed by atoms with van der Waals surface area (Å²) in [7, 11) is 0. The van der Waals surface area contributed by atoms with Gasteiger partial charge in [-0.15, -0.1) is 0 Å². The van der Waals surface area contributed by atoms with Gasteiger partial charge in [-0.05, 0) is 37.1 Å². The highest BCUT2D eigenvalue weighted by atomic mass is 19.4. The molecule has 1 unspecified atom stereocenters. The van der Waals surface area contributed by atoms with E-state index in [1.165, 1.54) is 12.1 Å². The summed E-state index contributed by atoms with van der Waals surface area (Å²) in [5, 5.41) is 2.73. The summed E-state index contributed by atoms with van der Waals surface area (Å²) in [6, 6.07) is 13.9. The van der Waals surface area contributed by atoms with Crippen LogP contribution in [0.15, 0.2) is 54.6 Å². The number of carbonyl (C=O) groups excluding carboxylic acids is 2. The number of amides is 2. The number of nitrogens with one attached hydrogen (secondary N) is 1. The molecule has 28 heavy (non-hydrogen) atoms. The predicted molar refractivity (Wildman–Crippen MR) is 98.0 cm³/mol. The molecule has 0 spiro atoms. The quantitative estimate of drug-likeness (QED) is 0.783. The Hall–Kier alpha value is -2.83. The molecule has 1 N–H and O–H groups in total. The molecular formula is C21H21F3N2O2. The van der Waals surface area contributed by atoms with E-state index in [0.717, 1.165) is 17.7 Å². The minimum atomic E-state index is -4.39. The summed E-state index contributed by atoms with van der Waals surface area (Å²) in [5.74, 6) is -0.468. The van der Waals surface area contributed by atoms with Crippen LogP contribution >= 0.6 is 0 Å². The smallest absolute Gasteiger partial charge is 0.350 e. The molecule has 2 amide bonds. The Morgan fingerprint density at radius 1 is 1.07 bits per heavy atom. The van der Waals surface area contributed by atoms with Gasteiger partial charge in [0.25, 0.3) is 0 Å². The Labute approximate surface area is 161 Å². The maximum atomic E-state index is 12.7. The van der Waals surface area contributed by atoms with Gasteiger partial charge in [0.15, 0.2) is 0 Å². The highest BCUT2D eigenvalue weighted by Gasteiger charge is 2.49. The first-order valence-corrected chi connectivity index (χ1v) is 8.92. The van der Waals surface area contributed by atoms with Crippen LogP contribution in [0.2, 0.25) is 0 Å². The average Bonchev–Trinajstić information content (AvgIpc) is 2.64. The van der Waals surface area contributed by atoms with E-state index in [1.807, 2.05) is 30.3 Å². The third-order valence-electron chi connectivity index (χ3n) is 5.02. The van der Waals surface area contributed by atoms with E-state index in [1.54, 1.807) is 18.7 Å². The van der Waals surface area contributed by atoms with E-state index >= 15 is 0 Å². The van der Waals surface area contributed by atoms with E-state index in [0.29, 0.717) is 12.0 Å². The van der Waals surface area contributed by atoms with E-state index in [4.69, 9.17) is 0 Å². The van der Waals surface area contributed by atoms with Gasteiger partial charge in [-0.1, -0.05) is 42.5 Å². The number of rotatable bonds is 5. The van der Waals surface area contributed by atoms with Crippen molar-refractivity contribution >= 4 is 11.8 Å². The van der Waals surface area contributed by atoms with Crippen LogP contribution in [0, 0.1) is 0 Å². The minimum Gasteiger partial charge on any atom is -0.350 e. The Morgan fingerprint density at radius 2 is 1.68 bits per heavy atom. The summed E-state index contributed by atoms with van der Waals surface area (Å²) < 4.78 is 37.9. The molecule has 0 aliphatic carbocycles. The van der Waals surface area contributed by atoms with Gasteiger partial charge in [-0.3, -0.25) is 9.59 Å². The van der Waals surface area contributed by atoms with Gasteiger partial charge in [0, 0.05) is 6.54 Å². The van der Waals surface area contributed by atoms with E-state index < -0.39 is 17.3 Å². The topological polar surface area (TPSA) is 49.4 Å². The Balaban J connectivity index is 1.66. The van der Waals surface area contributed by atoms with E-state index in [-0.39, 0.29) is 24.4 Å². The average molecular weight is 390 g/mol. The molecule has 2 aromatic rings. The molecule has 1 saturated heterocycles. The van der Waals surface area contributed by atoms with Crippen molar-refractivity contribution in [2.24, 2.45) is 0 Å². The number of hydrogen-bond acceptors (Lipinski definition) is 2. The first-order valence-electron chi connectivity index (χ1n) is 8.92. The van der Waals surface area contributed by atoms with Crippen LogP contribution < -0.4 is 5.32 Å². The third kappa shape index (κ3) is 3.88. The lowest BCUT2D eigenvalue weighted by molar-refractivity contribution is -0.162. The van der Waals surface area contributed by atoms with Gasteiger partial charge in [0.1, 0.15) is 5.54 Å². The van der Waals surface area contributed by atoms with Gasteiger partial charge in [-0.2, -0.15) is 13.2 Å². The Morgan fingerprint density at radius 3 is 2.21 bits per heavy atom. The molecule has 0 radical (unpaired) electrons. The van der Waals surface area contributed by atoms with Crippen LogP contribution in [0.5, 0.6) is 0 Å². The second-order valence-electron chi connectivity index (χ2n) is 7.33. The predicted octanol–water partition coefficient (Wildman–Crippen LogP) is 4.07. The molecule has 3 rings (SSSR count). The fourth-order valence-corrected chi connectivity index (χ4v) is 3.38. The molecule has 0 aromatic heterocycles. The van der Waals surface area contributed by atoms with Crippen molar-refractivity contribution in [3.8, 4) is 0 Å². The summed E-state index contributed by atoms with van der Waals surface area (Å²) >= 11 is 0. The summed E-state index contributed by atoms with van der Waals surface area (Å²) in [4.78, 5) is 26.5. The molecule has 1 fully saturated rings. The third-order valence-corrected chi connectivity index (χ3v) is 5.02. The van der Waals surface area contributed by atoms with Crippen LogP contribution in [0.3, 0.4) is 0 Å². The lowest BCUT2D eigenvalue weighted by atomic mass is 9.86. The molecule has 7 heteroatoms. The van der Waals surface area contributed by atoms with Crippen LogP contribution in [0.1, 0.15) is 43.0 Å². The Bertz CT molecular complexity index is 861. The van der Waals surface area contributed by atoms with Crippen LogP contribution in [-0.4, -0.2) is 22.3 Å². The van der Waals surface area contributed by atoms with Gasteiger partial charge in [0.05, 0.1) is 18.0 Å². The first kappa shape index (κ1) is 19.9. The van der Waals surface area contributed by atoms with Gasteiger partial charge in [-0.25, -0.2) is 0 Å². The fraction of sp³-hybridized carbons (Fsp3) is 0.333. The molecule has 1 atom stereocenters. The molecule has 1 aliphatic rings. The molecule has 1 aliphatic heterocycles. The number of β-lactam (4-membered cyclic amide) rings is 1. The highest BCUT2D eigenvalue weighted by Crippen LogP contribution is 2.40. The van der Waals surface area contributed by atoms with Gasteiger partial charge < -0.3 is 10.2 Å². The summed E-state index contributed by atoms with van der Waals surface area (Å²) in [6.07, 6.45) is -4.05. The zero-order chi connectivity index (χ0) is 20.5. The number of benzene rings is 2. The van der Waals surface area contributed by atoms with Crippen molar-refractivity contribution in [3.63, 3.8) is 0 Å². The Kier molecular flexibility index (Phi) is 5.19. The summed E-state index contributed by atoms with van der Waals surface area (Å²) in [6.45, 7) is 3.42. The maximum absolute atomic E-state index is 12.7. The standard InChI is InChI=1S/C21H21F3N2O2/c1-20(2,26-17(12-18(26)27)15-6-4-3-5-7-15)19(28)25-13-14-8-10-16(11-9-14)21(22,23)24/h3-11,17H,12-13H2,1-2H3,(H,25,28). The van der Waals surface area contributed by atoms with Crippen molar-refractivity contribution in [1.82, 2.24) is 10.2 Å². The molecule has 1 heterocycles. The molecule has 4 nitrogen and oxygen atoms in total. The number of hydrogen-bond donors (Lipinski definition) is 1. The number of likely N-dealkylation sites (tertiary alicyclic amines) is 1. The lowest BCUT2D eigenvalue weighted by Crippen LogP contribution is -2.63. The molecule has 148 valence electrons. The van der Waals surface area contributed by atoms with Crippen molar-refractivity contribution in [1.29, 1.82) is 0 Å². The van der Waals surface area contributed by atoms with Crippen molar-refractivity contribution < 1.29 is 22.8 Å². The normalized spacial score (nSPS) is 17.2. The molecular weight excluding hydrogens is 369 g/mol. The molecule has 0 saturated carbocycles. The van der Waals surface area contributed by atoms with Crippen molar-refractivity contribution in [2.45, 2.75) is 44.6 Å². The fourth-order valence-electron chi connectivity index (χ4n) is 3.38. The zero-order valence-corrected chi connectivity index (χ0v) is 15.6. The van der Waals surface area contributed by atoms with Gasteiger partial charge >= 0.3 is 6.18 Å². The maximum Gasteiger partial charge on any atom is 0.416 e. The van der Waals surface area contributed by atoms with Gasteiger partial charge in [0.2, 0.25) is 11.8 Å². The van der Waals surface area contributed by atoms with Crippen LogP contribution in [0.25, 0.3) is 0 Å². The number of carbonyl (C=O) groups is 2. The monoisotopic (exact) mass is 390 g/mol. The van der Waals surface area contributed by atoms with Crippen LogP contribution in [0.4, 0.5) is 13.2 Å². The van der Waals surface area contributed by atoms with Crippen molar-refractivity contribution in [2.75, 3.05) is 0 Å². The molecule has 0 bridgehead atoms. The number of alkyl halides is 3.